The van der Waals surface area contributed by atoms with Crippen LogP contribution in [0.1, 0.15) is 43.7 Å². The van der Waals surface area contributed by atoms with E-state index in [1.807, 2.05) is 42.2 Å². The van der Waals surface area contributed by atoms with Crippen molar-refractivity contribution in [3.8, 4) is 11.4 Å². The van der Waals surface area contributed by atoms with Crippen LogP contribution in [0.5, 0.6) is 0 Å². The molecule has 0 saturated heterocycles. The second-order valence-electron chi connectivity index (χ2n) is 7.81. The summed E-state index contributed by atoms with van der Waals surface area (Å²) in [6, 6.07) is 15.9. The summed E-state index contributed by atoms with van der Waals surface area (Å²) in [5.74, 6) is 1.08. The molecule has 0 radical (unpaired) electrons. The third-order valence-electron chi connectivity index (χ3n) is 5.86. The molecule has 1 fully saturated rings. The first-order valence-electron chi connectivity index (χ1n) is 10.5. The molecule has 0 aliphatic heterocycles. The average Bonchev–Trinajstić information content (AvgIpc) is 3.22. The Morgan fingerprint density at radius 2 is 1.90 bits per heavy atom. The Labute approximate surface area is 180 Å². The SMILES string of the molecule is CC(c1ccccc1)N(CCc1nc(-c2ccc([N+](=O)[O-])cc2)no1)C(=O)C1CCC1. The largest absolute Gasteiger partial charge is 0.339 e. The number of hydrogen-bond acceptors (Lipinski definition) is 6. The summed E-state index contributed by atoms with van der Waals surface area (Å²) >= 11 is 0. The zero-order valence-electron chi connectivity index (χ0n) is 17.3. The van der Waals surface area contributed by atoms with Gasteiger partial charge in [0, 0.05) is 36.6 Å². The number of aromatic nitrogens is 2. The van der Waals surface area contributed by atoms with Crippen molar-refractivity contribution in [3.63, 3.8) is 0 Å². The lowest BCUT2D eigenvalue weighted by molar-refractivity contribution is -0.384. The molecule has 1 saturated carbocycles. The van der Waals surface area contributed by atoms with Crippen molar-refractivity contribution in [2.45, 2.75) is 38.6 Å². The van der Waals surface area contributed by atoms with Crippen LogP contribution in [0.3, 0.4) is 0 Å². The first-order chi connectivity index (χ1) is 15.0. The summed E-state index contributed by atoms with van der Waals surface area (Å²) in [7, 11) is 0. The van der Waals surface area contributed by atoms with Crippen molar-refractivity contribution < 1.29 is 14.2 Å². The van der Waals surface area contributed by atoms with Gasteiger partial charge < -0.3 is 9.42 Å². The number of amides is 1. The van der Waals surface area contributed by atoms with E-state index in [4.69, 9.17) is 4.52 Å². The molecule has 1 amide bonds. The Bertz CT molecular complexity index is 1040. The van der Waals surface area contributed by atoms with Crippen LogP contribution in [0, 0.1) is 16.0 Å². The summed E-state index contributed by atoms with van der Waals surface area (Å²) in [4.78, 5) is 29.8. The van der Waals surface area contributed by atoms with Crippen LogP contribution in [0.4, 0.5) is 5.69 Å². The highest BCUT2D eigenvalue weighted by atomic mass is 16.6. The van der Waals surface area contributed by atoms with Gasteiger partial charge in [-0.05, 0) is 37.5 Å². The Morgan fingerprint density at radius 3 is 2.52 bits per heavy atom. The molecule has 1 unspecified atom stereocenters. The van der Waals surface area contributed by atoms with Crippen LogP contribution in [0.15, 0.2) is 59.1 Å². The Balaban J connectivity index is 1.47. The van der Waals surface area contributed by atoms with Gasteiger partial charge in [0.2, 0.25) is 17.6 Å². The molecule has 1 aliphatic carbocycles. The minimum absolute atomic E-state index is 0.00696. The fourth-order valence-electron chi connectivity index (χ4n) is 3.72. The highest BCUT2D eigenvalue weighted by molar-refractivity contribution is 5.80. The molecule has 0 bridgehead atoms. The van der Waals surface area contributed by atoms with Crippen molar-refractivity contribution >= 4 is 11.6 Å². The fraction of sp³-hybridized carbons (Fsp3) is 0.348. The van der Waals surface area contributed by atoms with Gasteiger partial charge in [0.15, 0.2) is 0 Å². The maximum Gasteiger partial charge on any atom is 0.269 e. The van der Waals surface area contributed by atoms with Gasteiger partial charge in [0.05, 0.1) is 11.0 Å². The number of benzene rings is 2. The van der Waals surface area contributed by atoms with Crippen molar-refractivity contribution in [3.05, 3.63) is 76.2 Å². The third kappa shape index (κ3) is 4.63. The van der Waals surface area contributed by atoms with Gasteiger partial charge >= 0.3 is 0 Å². The van der Waals surface area contributed by atoms with Gasteiger partial charge in [-0.2, -0.15) is 4.98 Å². The first kappa shape index (κ1) is 20.7. The molecule has 2 aromatic carbocycles. The van der Waals surface area contributed by atoms with E-state index in [-0.39, 0.29) is 23.6 Å². The lowest BCUT2D eigenvalue weighted by Gasteiger charge is -2.35. The van der Waals surface area contributed by atoms with Crippen LogP contribution in [-0.4, -0.2) is 32.4 Å². The molecule has 1 atom stereocenters. The molecule has 31 heavy (non-hydrogen) atoms. The summed E-state index contributed by atoms with van der Waals surface area (Å²) in [5.41, 5.74) is 1.74. The van der Waals surface area contributed by atoms with Gasteiger partial charge in [-0.15, -0.1) is 0 Å². The van der Waals surface area contributed by atoms with E-state index >= 15 is 0 Å². The maximum absolute atomic E-state index is 13.1. The number of carbonyl (C=O) groups is 1. The number of carbonyl (C=O) groups excluding carboxylic acids is 1. The molecule has 160 valence electrons. The maximum atomic E-state index is 13.1. The molecule has 3 aromatic rings. The Hall–Kier alpha value is -3.55. The molecular weight excluding hydrogens is 396 g/mol. The van der Waals surface area contributed by atoms with E-state index in [0.717, 1.165) is 24.8 Å². The first-order valence-corrected chi connectivity index (χ1v) is 10.5. The van der Waals surface area contributed by atoms with Gasteiger partial charge in [-0.3, -0.25) is 14.9 Å². The second kappa shape index (κ2) is 9.07. The highest BCUT2D eigenvalue weighted by Crippen LogP contribution is 2.32. The van der Waals surface area contributed by atoms with Crippen LogP contribution in [0.2, 0.25) is 0 Å². The number of hydrogen-bond donors (Lipinski definition) is 0. The van der Waals surface area contributed by atoms with E-state index in [9.17, 15) is 14.9 Å². The molecule has 8 heteroatoms. The topological polar surface area (TPSA) is 102 Å². The van der Waals surface area contributed by atoms with Crippen LogP contribution >= 0.6 is 0 Å². The van der Waals surface area contributed by atoms with Gasteiger partial charge in [-0.1, -0.05) is 41.9 Å². The zero-order valence-corrected chi connectivity index (χ0v) is 17.3. The van der Waals surface area contributed by atoms with E-state index < -0.39 is 4.92 Å². The van der Waals surface area contributed by atoms with Crippen molar-refractivity contribution in [2.75, 3.05) is 6.54 Å². The minimum Gasteiger partial charge on any atom is -0.339 e. The number of rotatable bonds is 8. The monoisotopic (exact) mass is 420 g/mol. The summed E-state index contributed by atoms with van der Waals surface area (Å²) < 4.78 is 5.38. The predicted octanol–water partition coefficient (Wildman–Crippen LogP) is 4.58. The lowest BCUT2D eigenvalue weighted by atomic mass is 9.84. The Morgan fingerprint density at radius 1 is 1.19 bits per heavy atom. The van der Waals surface area contributed by atoms with E-state index in [1.165, 1.54) is 12.1 Å². The predicted molar refractivity (Wildman–Crippen MR) is 114 cm³/mol. The van der Waals surface area contributed by atoms with Crippen molar-refractivity contribution in [2.24, 2.45) is 5.92 Å². The van der Waals surface area contributed by atoms with Crippen molar-refractivity contribution in [1.29, 1.82) is 0 Å². The van der Waals surface area contributed by atoms with E-state index in [1.54, 1.807) is 12.1 Å². The van der Waals surface area contributed by atoms with E-state index in [2.05, 4.69) is 10.1 Å². The van der Waals surface area contributed by atoms with Crippen molar-refractivity contribution in [1.82, 2.24) is 15.0 Å². The summed E-state index contributed by atoms with van der Waals surface area (Å²) in [6.07, 6.45) is 3.44. The normalized spacial score (nSPS) is 14.6. The number of nitro benzene ring substituents is 1. The molecule has 1 aromatic heterocycles. The average molecular weight is 420 g/mol. The zero-order chi connectivity index (χ0) is 21.8. The van der Waals surface area contributed by atoms with Gasteiger partial charge in [0.25, 0.3) is 5.69 Å². The summed E-state index contributed by atoms with van der Waals surface area (Å²) in [5, 5.41) is 14.8. The Kier molecular flexibility index (Phi) is 6.06. The molecular formula is C23H24N4O4. The van der Waals surface area contributed by atoms with Gasteiger partial charge in [-0.25, -0.2) is 0 Å². The fourth-order valence-corrected chi connectivity index (χ4v) is 3.72. The molecule has 0 N–H and O–H groups in total. The van der Waals surface area contributed by atoms with Gasteiger partial charge in [0.1, 0.15) is 0 Å². The highest BCUT2D eigenvalue weighted by Gasteiger charge is 2.32. The standard InChI is InChI=1S/C23H24N4O4/c1-16(17-6-3-2-4-7-17)26(23(28)19-8-5-9-19)15-14-21-24-22(25-31-21)18-10-12-20(13-11-18)27(29)30/h2-4,6-7,10-13,16,19H,5,8-9,14-15H2,1H3. The quantitative estimate of drug-likeness (QED) is 0.390. The van der Waals surface area contributed by atoms with Crippen LogP contribution < -0.4 is 0 Å². The number of nitrogens with zero attached hydrogens (tertiary/aromatic N) is 4. The second-order valence-corrected chi connectivity index (χ2v) is 7.81. The molecule has 1 heterocycles. The van der Waals surface area contributed by atoms with E-state index in [0.29, 0.717) is 30.2 Å². The lowest BCUT2D eigenvalue weighted by Crippen LogP contribution is -2.41. The van der Waals surface area contributed by atoms with Crippen LogP contribution in [0.25, 0.3) is 11.4 Å². The van der Waals surface area contributed by atoms with Crippen LogP contribution in [-0.2, 0) is 11.2 Å². The number of non-ortho nitro benzene ring substituents is 1. The minimum atomic E-state index is -0.451. The molecule has 4 rings (SSSR count). The third-order valence-corrected chi connectivity index (χ3v) is 5.86. The molecule has 0 spiro atoms. The molecule has 8 nitrogen and oxygen atoms in total. The summed E-state index contributed by atoms with van der Waals surface area (Å²) in [6.45, 7) is 2.52. The smallest absolute Gasteiger partial charge is 0.269 e. The number of nitro groups is 1. The molecule has 1 aliphatic rings.